The average molecular weight is 392 g/mol. The van der Waals surface area contributed by atoms with Crippen LogP contribution in [0.5, 0.6) is 5.75 Å². The Morgan fingerprint density at radius 2 is 2.08 bits per heavy atom. The van der Waals surface area contributed by atoms with Crippen LogP contribution in [0.3, 0.4) is 0 Å². The summed E-state index contributed by atoms with van der Waals surface area (Å²) in [6, 6.07) is 6.27. The lowest BCUT2D eigenvalue weighted by Gasteiger charge is -1.97. The monoisotopic (exact) mass is 391 g/mol. The number of thiazole rings is 1. The molecule has 0 bridgehead atoms. The fraction of sp³-hybridized carbons (Fsp3) is 0.400. The minimum Gasteiger partial charge on any atom is -0.707 e. The fourth-order valence-corrected chi connectivity index (χ4v) is 3.39. The number of thioether (sulfide) groups is 1. The van der Waals surface area contributed by atoms with Crippen molar-refractivity contribution in [3.8, 4) is 5.75 Å². The molecule has 0 aliphatic carbocycles. The quantitative estimate of drug-likeness (QED) is 0.442. The van der Waals surface area contributed by atoms with Crippen LogP contribution in [-0.2, 0) is 21.0 Å². The number of hydrogen-bond donors (Lipinski definition) is 0. The molecular weight excluding hydrogens is 370 g/mol. The number of nitrogens with zero attached hydrogens (tertiary/aromatic N) is 1. The normalized spacial score (nSPS) is 12.0. The Morgan fingerprint density at radius 1 is 1.46 bits per heavy atom. The lowest BCUT2D eigenvalue weighted by atomic mass is 10.3. The van der Waals surface area contributed by atoms with Gasteiger partial charge in [-0.05, 0) is 37.1 Å². The van der Waals surface area contributed by atoms with Crippen LogP contribution in [0, 0.1) is 0 Å². The van der Waals surface area contributed by atoms with E-state index in [0.717, 1.165) is 12.3 Å². The van der Waals surface area contributed by atoms with Crippen molar-refractivity contribution in [1.29, 1.82) is 0 Å². The van der Waals surface area contributed by atoms with Crippen LogP contribution in [0.25, 0.3) is 16.3 Å². The molecule has 24 heavy (non-hydrogen) atoms. The van der Waals surface area contributed by atoms with Gasteiger partial charge in [0.2, 0.25) is 5.52 Å². The summed E-state index contributed by atoms with van der Waals surface area (Å²) in [4.78, 5) is 1.33. The molecule has 0 N–H and O–H groups in total. The number of methoxy groups -OCH3 is 1. The van der Waals surface area contributed by atoms with E-state index in [2.05, 4.69) is 47.2 Å². The predicted molar refractivity (Wildman–Crippen MR) is 97.3 cm³/mol. The maximum Gasteiger partial charge on any atom is 0.263 e. The van der Waals surface area contributed by atoms with E-state index in [0.29, 0.717) is 6.26 Å². The van der Waals surface area contributed by atoms with Crippen LogP contribution in [0.15, 0.2) is 23.1 Å². The van der Waals surface area contributed by atoms with Crippen molar-refractivity contribution in [2.75, 3.05) is 19.6 Å². The van der Waals surface area contributed by atoms with Crippen molar-refractivity contribution >= 4 is 49.5 Å². The van der Waals surface area contributed by atoms with Gasteiger partial charge in [0.25, 0.3) is 15.1 Å². The molecule has 6 nitrogen and oxygen atoms in total. The summed E-state index contributed by atoms with van der Waals surface area (Å²) in [5.41, 5.74) is 1.25. The average Bonchev–Trinajstić information content (AvgIpc) is 2.90. The van der Waals surface area contributed by atoms with Crippen molar-refractivity contribution in [3.63, 3.8) is 0 Å². The van der Waals surface area contributed by atoms with Gasteiger partial charge >= 0.3 is 0 Å². The highest BCUT2D eigenvalue weighted by atomic mass is 32.2. The minimum atomic E-state index is -3.72. The maximum atomic E-state index is 9.47. The van der Waals surface area contributed by atoms with Crippen LogP contribution in [0.4, 0.5) is 0 Å². The smallest absolute Gasteiger partial charge is 0.263 e. The van der Waals surface area contributed by atoms with Gasteiger partial charge in [0, 0.05) is 6.08 Å². The van der Waals surface area contributed by atoms with E-state index in [9.17, 15) is 8.42 Å². The Bertz CT molecular complexity index is 812. The van der Waals surface area contributed by atoms with Crippen molar-refractivity contribution in [1.82, 2.24) is 0 Å². The number of aromatic nitrogens is 1. The number of allylic oxidation sites excluding steroid dienone is 1. The number of hydrogen-bond acceptors (Lipinski definition) is 7. The molecule has 0 fully saturated rings. The third-order valence-corrected chi connectivity index (χ3v) is 5.15. The molecule has 0 aliphatic rings. The van der Waals surface area contributed by atoms with Gasteiger partial charge < -0.3 is 14.3 Å². The van der Waals surface area contributed by atoms with Gasteiger partial charge in [-0.15, -0.1) is 11.8 Å². The molecule has 0 saturated heterocycles. The number of rotatable bonds is 5. The Kier molecular flexibility index (Phi) is 8.17. The van der Waals surface area contributed by atoms with E-state index in [1.165, 1.54) is 20.1 Å². The van der Waals surface area contributed by atoms with E-state index in [1.807, 2.05) is 17.4 Å². The van der Waals surface area contributed by atoms with E-state index in [1.54, 1.807) is 18.9 Å². The summed E-state index contributed by atoms with van der Waals surface area (Å²) >= 11 is 3.62. The van der Waals surface area contributed by atoms with E-state index >= 15 is 0 Å². The topological polar surface area (TPSA) is 79.5 Å². The first-order valence-electron chi connectivity index (χ1n) is 6.99. The van der Waals surface area contributed by atoms with Crippen LogP contribution in [0.1, 0.15) is 18.9 Å². The third-order valence-electron chi connectivity index (χ3n) is 3.03. The first kappa shape index (κ1) is 20.9. The summed E-state index contributed by atoms with van der Waals surface area (Å²) in [5, 5.41) is 10.2. The third kappa shape index (κ3) is 6.06. The van der Waals surface area contributed by atoms with Gasteiger partial charge in [0.1, 0.15) is 17.0 Å². The van der Waals surface area contributed by atoms with Crippen molar-refractivity contribution in [2.45, 2.75) is 20.4 Å². The molecule has 134 valence electrons. The summed E-state index contributed by atoms with van der Waals surface area (Å²) in [6.45, 7) is 5.30. The highest BCUT2D eigenvalue weighted by Gasteiger charge is 2.18. The second kappa shape index (κ2) is 9.38. The lowest BCUT2D eigenvalue weighted by molar-refractivity contribution is -0.665. The minimum absolute atomic E-state index is 0.681. The van der Waals surface area contributed by atoms with Gasteiger partial charge in [-0.2, -0.15) is 4.57 Å². The summed E-state index contributed by atoms with van der Waals surface area (Å²) < 4.78 is 30.5. The summed E-state index contributed by atoms with van der Waals surface area (Å²) in [6.07, 6.45) is 5.05. The van der Waals surface area contributed by atoms with Crippen LogP contribution < -0.4 is 14.6 Å². The highest BCUT2D eigenvalue weighted by Crippen LogP contribution is 2.27. The second-order valence-electron chi connectivity index (χ2n) is 4.75. The molecule has 2 aromatic rings. The standard InChI is InChI=1S/C14H18NOS2.CH4O4S/c1-5-15-12-9-11(16-3)6-7-13(12)18-14(15)8-10(2)17-4;1-6(3,4)5-2/h6-9H,5H2,1-4H3;2H,1H3/q+1;/p-1/b10-8-;. The zero-order valence-corrected chi connectivity index (χ0v) is 16.7. The largest absolute Gasteiger partial charge is 0.707 e. The Balaban J connectivity index is 0.000000413. The molecule has 1 heterocycles. The maximum absolute atomic E-state index is 9.47. The van der Waals surface area contributed by atoms with Gasteiger partial charge in [-0.3, -0.25) is 0 Å². The number of benzene rings is 1. The highest BCUT2D eigenvalue weighted by molar-refractivity contribution is 8.02. The van der Waals surface area contributed by atoms with E-state index in [4.69, 9.17) is 9.99 Å². The number of aryl methyl sites for hydroxylation is 1. The molecule has 0 unspecified atom stereocenters. The molecular formula is C15H21NO5S3. The molecule has 2 rings (SSSR count). The fourth-order valence-electron chi connectivity index (χ4n) is 1.87. The number of fused-ring (bicyclic) bond motifs is 1. The molecule has 0 radical (unpaired) electrons. The predicted octanol–water partition coefficient (Wildman–Crippen LogP) is 2.18. The Labute approximate surface area is 150 Å². The Morgan fingerprint density at radius 3 is 2.54 bits per heavy atom. The van der Waals surface area contributed by atoms with Gasteiger partial charge in [0.05, 0.1) is 19.4 Å². The summed E-state index contributed by atoms with van der Waals surface area (Å²) in [5.74, 6) is 0.916. The van der Waals surface area contributed by atoms with Crippen LogP contribution >= 0.6 is 23.1 Å². The first-order chi connectivity index (χ1) is 11.3. The SMILES string of the molecule is CC[n+]1c(/C=C(/C)SC)sc2ccc(OC)cc21.CS(=O)(=O)O[O-]. The number of ether oxygens (including phenoxy) is 1. The van der Waals surface area contributed by atoms with E-state index in [-0.39, 0.29) is 0 Å². The van der Waals surface area contributed by atoms with Gasteiger partial charge in [-0.1, -0.05) is 11.3 Å². The van der Waals surface area contributed by atoms with Crippen molar-refractivity contribution in [2.24, 2.45) is 0 Å². The molecule has 0 atom stereocenters. The van der Waals surface area contributed by atoms with Gasteiger partial charge in [-0.25, -0.2) is 8.42 Å². The zero-order valence-electron chi connectivity index (χ0n) is 14.2. The van der Waals surface area contributed by atoms with Gasteiger partial charge in [0.15, 0.2) is 0 Å². The molecule has 9 heteroatoms. The van der Waals surface area contributed by atoms with Crippen LogP contribution in [0.2, 0.25) is 0 Å². The molecule has 0 spiro atoms. The molecule has 0 aliphatic heterocycles. The van der Waals surface area contributed by atoms with Crippen molar-refractivity contribution < 1.29 is 27.3 Å². The van der Waals surface area contributed by atoms with Crippen molar-refractivity contribution in [3.05, 3.63) is 28.1 Å². The molecule has 1 aromatic carbocycles. The molecule has 0 amide bonds. The second-order valence-corrected chi connectivity index (χ2v) is 8.41. The summed E-state index contributed by atoms with van der Waals surface area (Å²) in [7, 11) is -2.01. The van der Waals surface area contributed by atoms with Crippen LogP contribution in [-0.4, -0.2) is 28.0 Å². The lowest BCUT2D eigenvalue weighted by Crippen LogP contribution is -2.33. The first-order valence-corrected chi connectivity index (χ1v) is 10.9. The molecule has 0 saturated carbocycles. The Hall–Kier alpha value is -1.13. The molecule has 1 aromatic heterocycles. The zero-order chi connectivity index (χ0) is 18.3. The van der Waals surface area contributed by atoms with E-state index < -0.39 is 10.1 Å².